The highest BCUT2D eigenvalue weighted by atomic mass is 16.5. The number of rotatable bonds is 47. The molecule has 0 spiro atoms. The van der Waals surface area contributed by atoms with Crippen LogP contribution in [0.5, 0.6) is 0 Å². The molecule has 3 N–H and O–H groups in total. The van der Waals surface area contributed by atoms with E-state index < -0.39 is 12.1 Å². The van der Waals surface area contributed by atoms with Gasteiger partial charge in [-0.3, -0.25) is 9.59 Å². The van der Waals surface area contributed by atoms with Gasteiger partial charge >= 0.3 is 5.97 Å². The Morgan fingerprint density at radius 2 is 0.842 bits per heavy atom. The highest BCUT2D eigenvalue weighted by Crippen LogP contribution is 2.16. The van der Waals surface area contributed by atoms with Crippen LogP contribution in [-0.2, 0) is 14.3 Å². The van der Waals surface area contributed by atoms with Crippen molar-refractivity contribution < 1.29 is 24.5 Å². The van der Waals surface area contributed by atoms with Crippen LogP contribution in [0.15, 0.2) is 12.2 Å². The first-order valence-electron chi connectivity index (χ1n) is 25.4. The lowest BCUT2D eigenvalue weighted by molar-refractivity contribution is -0.143. The first-order valence-corrected chi connectivity index (χ1v) is 25.4. The standard InChI is InChI=1S/C51H99NO5/c1-3-5-7-9-11-13-15-17-18-19-20-21-22-23-25-29-33-37-41-45-51(56)57-46-42-38-34-30-26-28-32-36-40-44-50(55)52-48(47-53)49(54)43-39-35-31-27-24-16-14-12-10-8-6-4-2/h28,32,48-49,53-54H,3-27,29-31,33-47H2,1-2H3,(H,52,55)/b32-28-. The van der Waals surface area contributed by atoms with Gasteiger partial charge in [-0.1, -0.05) is 231 Å². The van der Waals surface area contributed by atoms with Crippen molar-refractivity contribution in [1.29, 1.82) is 0 Å². The van der Waals surface area contributed by atoms with E-state index in [4.69, 9.17) is 4.74 Å². The zero-order chi connectivity index (χ0) is 41.5. The van der Waals surface area contributed by atoms with Crippen LogP contribution in [0.4, 0.5) is 0 Å². The van der Waals surface area contributed by atoms with E-state index in [1.54, 1.807) is 0 Å². The summed E-state index contributed by atoms with van der Waals surface area (Å²) >= 11 is 0. The molecule has 0 aromatic heterocycles. The van der Waals surface area contributed by atoms with Crippen LogP contribution < -0.4 is 5.32 Å². The first kappa shape index (κ1) is 55.6. The van der Waals surface area contributed by atoms with Crippen LogP contribution in [0.2, 0.25) is 0 Å². The number of nitrogens with one attached hydrogen (secondary N) is 1. The van der Waals surface area contributed by atoms with Gasteiger partial charge in [0.25, 0.3) is 0 Å². The quantitative estimate of drug-likeness (QED) is 0.0323. The molecule has 6 heteroatoms. The van der Waals surface area contributed by atoms with Gasteiger partial charge in [0.05, 0.1) is 25.4 Å². The van der Waals surface area contributed by atoms with Crippen molar-refractivity contribution in [3.8, 4) is 0 Å². The summed E-state index contributed by atoms with van der Waals surface area (Å²) in [6.07, 6.45) is 53.3. The molecular formula is C51H99NO5. The molecule has 1 amide bonds. The maximum atomic E-state index is 12.4. The van der Waals surface area contributed by atoms with Gasteiger partial charge in [0.2, 0.25) is 5.91 Å². The summed E-state index contributed by atoms with van der Waals surface area (Å²) in [6, 6.07) is -0.576. The Balaban J connectivity index is 3.49. The van der Waals surface area contributed by atoms with E-state index in [9.17, 15) is 19.8 Å². The fourth-order valence-electron chi connectivity index (χ4n) is 7.88. The summed E-state index contributed by atoms with van der Waals surface area (Å²) < 4.78 is 5.45. The third-order valence-electron chi connectivity index (χ3n) is 11.8. The van der Waals surface area contributed by atoms with Crippen LogP contribution in [0, 0.1) is 0 Å². The lowest BCUT2D eigenvalue weighted by Crippen LogP contribution is -2.45. The van der Waals surface area contributed by atoms with Gasteiger partial charge in [-0.2, -0.15) is 0 Å². The van der Waals surface area contributed by atoms with Gasteiger partial charge in [0, 0.05) is 12.8 Å². The number of aliphatic hydroxyl groups is 2. The number of carbonyl (C=O) groups excluding carboxylic acids is 2. The summed E-state index contributed by atoms with van der Waals surface area (Å²) in [5.74, 6) is -0.126. The van der Waals surface area contributed by atoms with Gasteiger partial charge in [0.1, 0.15) is 0 Å². The summed E-state index contributed by atoms with van der Waals surface area (Å²) in [4.78, 5) is 24.5. The van der Waals surface area contributed by atoms with Crippen LogP contribution >= 0.6 is 0 Å². The van der Waals surface area contributed by atoms with Crippen molar-refractivity contribution in [2.45, 2.75) is 289 Å². The Hall–Kier alpha value is -1.40. The highest BCUT2D eigenvalue weighted by molar-refractivity contribution is 5.76. The number of hydrogen-bond acceptors (Lipinski definition) is 5. The second-order valence-corrected chi connectivity index (χ2v) is 17.5. The van der Waals surface area contributed by atoms with E-state index >= 15 is 0 Å². The minimum absolute atomic E-state index is 0.0311. The van der Waals surface area contributed by atoms with E-state index in [1.807, 2.05) is 0 Å². The molecule has 0 radical (unpaired) electrons. The zero-order valence-corrected chi connectivity index (χ0v) is 38.3. The molecule has 0 aliphatic carbocycles. The molecule has 0 saturated heterocycles. The average molecular weight is 806 g/mol. The molecular weight excluding hydrogens is 707 g/mol. The average Bonchev–Trinajstić information content (AvgIpc) is 3.21. The fraction of sp³-hybridized carbons (Fsp3) is 0.922. The van der Waals surface area contributed by atoms with Gasteiger partial charge in [-0.05, 0) is 44.9 Å². The normalized spacial score (nSPS) is 12.7. The number of carbonyl (C=O) groups is 2. The molecule has 0 aliphatic rings. The highest BCUT2D eigenvalue weighted by Gasteiger charge is 2.20. The number of allylic oxidation sites excluding steroid dienone is 2. The smallest absolute Gasteiger partial charge is 0.305 e. The fourth-order valence-corrected chi connectivity index (χ4v) is 7.88. The molecule has 6 nitrogen and oxygen atoms in total. The second-order valence-electron chi connectivity index (χ2n) is 17.5. The molecule has 2 unspecified atom stereocenters. The van der Waals surface area contributed by atoms with Crippen molar-refractivity contribution in [2.75, 3.05) is 13.2 Å². The summed E-state index contributed by atoms with van der Waals surface area (Å²) in [7, 11) is 0. The number of amides is 1. The van der Waals surface area contributed by atoms with E-state index in [2.05, 4.69) is 31.3 Å². The van der Waals surface area contributed by atoms with Crippen LogP contribution in [0.25, 0.3) is 0 Å². The Bertz CT molecular complexity index is 847. The lowest BCUT2D eigenvalue weighted by Gasteiger charge is -2.22. The zero-order valence-electron chi connectivity index (χ0n) is 38.3. The van der Waals surface area contributed by atoms with Crippen molar-refractivity contribution >= 4 is 11.9 Å². The maximum Gasteiger partial charge on any atom is 0.305 e. The Labute approximate surface area is 355 Å². The summed E-state index contributed by atoms with van der Waals surface area (Å²) in [6.45, 7) is 4.87. The van der Waals surface area contributed by atoms with Gasteiger partial charge in [-0.15, -0.1) is 0 Å². The number of aliphatic hydroxyl groups excluding tert-OH is 2. The predicted octanol–water partition coefficient (Wildman–Crippen LogP) is 15.0. The van der Waals surface area contributed by atoms with Crippen molar-refractivity contribution in [3.05, 3.63) is 12.2 Å². The van der Waals surface area contributed by atoms with Crippen molar-refractivity contribution in [1.82, 2.24) is 5.32 Å². The van der Waals surface area contributed by atoms with Crippen molar-refractivity contribution in [2.24, 2.45) is 0 Å². The molecule has 0 aromatic rings. The lowest BCUT2D eigenvalue weighted by atomic mass is 10.0. The number of hydrogen-bond donors (Lipinski definition) is 3. The SMILES string of the molecule is CCCCCCCCCCCCCCCCCCCCCC(=O)OCCCCCC/C=C\CCCC(=O)NC(CO)C(O)CCCCCCCCCCCCCC. The minimum atomic E-state index is -0.692. The molecule has 0 fully saturated rings. The molecule has 0 bridgehead atoms. The molecule has 338 valence electrons. The van der Waals surface area contributed by atoms with E-state index in [1.165, 1.54) is 173 Å². The maximum absolute atomic E-state index is 12.4. The summed E-state index contributed by atoms with van der Waals surface area (Å²) in [5.41, 5.74) is 0. The third kappa shape index (κ3) is 44.0. The Morgan fingerprint density at radius 3 is 1.28 bits per heavy atom. The number of unbranched alkanes of at least 4 members (excludes halogenated alkanes) is 34. The largest absolute Gasteiger partial charge is 0.466 e. The predicted molar refractivity (Wildman–Crippen MR) is 246 cm³/mol. The first-order chi connectivity index (χ1) is 28.0. The van der Waals surface area contributed by atoms with Gasteiger partial charge < -0.3 is 20.3 Å². The van der Waals surface area contributed by atoms with E-state index in [-0.39, 0.29) is 18.5 Å². The van der Waals surface area contributed by atoms with Crippen LogP contribution in [0.3, 0.4) is 0 Å². The van der Waals surface area contributed by atoms with E-state index in [0.717, 1.165) is 70.6 Å². The monoisotopic (exact) mass is 806 g/mol. The molecule has 0 aromatic carbocycles. The molecule has 2 atom stereocenters. The van der Waals surface area contributed by atoms with Gasteiger partial charge in [-0.25, -0.2) is 0 Å². The van der Waals surface area contributed by atoms with Crippen molar-refractivity contribution in [3.63, 3.8) is 0 Å². The topological polar surface area (TPSA) is 95.9 Å². The second kappa shape index (κ2) is 47.3. The molecule has 0 heterocycles. The number of esters is 1. The Kier molecular flexibility index (Phi) is 46.1. The van der Waals surface area contributed by atoms with E-state index in [0.29, 0.717) is 25.9 Å². The third-order valence-corrected chi connectivity index (χ3v) is 11.8. The Morgan fingerprint density at radius 1 is 0.474 bits per heavy atom. The molecule has 0 rings (SSSR count). The van der Waals surface area contributed by atoms with Gasteiger partial charge in [0.15, 0.2) is 0 Å². The van der Waals surface area contributed by atoms with Crippen LogP contribution in [0.1, 0.15) is 277 Å². The molecule has 57 heavy (non-hydrogen) atoms. The summed E-state index contributed by atoms with van der Waals surface area (Å²) in [5, 5.41) is 23.1. The minimum Gasteiger partial charge on any atom is -0.466 e. The van der Waals surface area contributed by atoms with Crippen LogP contribution in [-0.4, -0.2) is 47.4 Å². The number of ether oxygens (including phenoxy) is 1. The molecule has 0 aliphatic heterocycles. The molecule has 0 saturated carbocycles.